The number of aliphatic hydroxyl groups excluding tert-OH is 1. The molecule has 3 aliphatic rings. The van der Waals surface area contributed by atoms with Crippen molar-refractivity contribution in [2.45, 2.75) is 103 Å². The summed E-state index contributed by atoms with van der Waals surface area (Å²) < 4.78 is 55.8. The summed E-state index contributed by atoms with van der Waals surface area (Å²) >= 11 is 0. The molecule has 0 unspecified atom stereocenters. The van der Waals surface area contributed by atoms with E-state index in [1.165, 1.54) is 0 Å². The van der Waals surface area contributed by atoms with Crippen LogP contribution in [0.2, 0.25) is 18.1 Å². The third kappa shape index (κ3) is 5.75. The van der Waals surface area contributed by atoms with Gasteiger partial charge in [-0.2, -0.15) is 0 Å². The molecular formula is C36H48F2N2O8Si. The van der Waals surface area contributed by atoms with E-state index < -0.39 is 71.4 Å². The largest absolute Gasteiger partial charge is 0.508 e. The smallest absolute Gasteiger partial charge is 0.265 e. The first-order valence-electron chi connectivity index (χ1n) is 17.1. The summed E-state index contributed by atoms with van der Waals surface area (Å²) in [5.74, 6) is -6.52. The molecule has 0 fully saturated rings. The number of aromatic nitrogens is 1. The average molecular weight is 703 g/mol. The molecular weight excluding hydrogens is 654 g/mol. The fourth-order valence-electron chi connectivity index (χ4n) is 7.18. The van der Waals surface area contributed by atoms with Crippen LogP contribution in [0.3, 0.4) is 0 Å². The van der Waals surface area contributed by atoms with Gasteiger partial charge in [-0.1, -0.05) is 47.5 Å². The molecule has 5 rings (SSSR count). The Balaban J connectivity index is 1.81. The van der Waals surface area contributed by atoms with Crippen molar-refractivity contribution in [1.82, 2.24) is 10.1 Å². The van der Waals surface area contributed by atoms with Gasteiger partial charge in [0.15, 0.2) is 43.4 Å². The van der Waals surface area contributed by atoms with Crippen molar-refractivity contribution in [3.05, 3.63) is 51.0 Å². The Morgan fingerprint density at radius 1 is 1.06 bits per heavy atom. The SMILES string of the molecule is CCCCOc1noc2c1C(=O)[C@@]1(O[Si](C)(C)C(C)(C)C)C(O)=C3C(=O)c4c(c(F)c(F)c(C=O)c4OCCCC)C[C@H]3C[C@H]1[C@@H]2N(C)C. The molecule has 1 heterocycles. The number of hydrogen-bond acceptors (Lipinski definition) is 10. The molecule has 1 aromatic carbocycles. The number of ether oxygens (including phenoxy) is 2. The summed E-state index contributed by atoms with van der Waals surface area (Å²) in [6.07, 6.45) is 2.83. The van der Waals surface area contributed by atoms with Crippen LogP contribution in [0.4, 0.5) is 8.78 Å². The molecule has 4 atom stereocenters. The van der Waals surface area contributed by atoms with Crippen molar-refractivity contribution in [2.75, 3.05) is 27.3 Å². The van der Waals surface area contributed by atoms with Crippen molar-refractivity contribution in [2.24, 2.45) is 11.8 Å². The van der Waals surface area contributed by atoms with Crippen LogP contribution in [-0.2, 0) is 10.8 Å². The molecule has 268 valence electrons. The molecule has 1 N–H and O–H groups in total. The van der Waals surface area contributed by atoms with Crippen molar-refractivity contribution in [1.29, 1.82) is 0 Å². The lowest BCUT2D eigenvalue weighted by Crippen LogP contribution is -2.65. The predicted molar refractivity (Wildman–Crippen MR) is 180 cm³/mol. The molecule has 2 aromatic rings. The lowest BCUT2D eigenvalue weighted by molar-refractivity contribution is -0.0481. The average Bonchev–Trinajstić information content (AvgIpc) is 3.43. The summed E-state index contributed by atoms with van der Waals surface area (Å²) in [7, 11) is 0.663. The van der Waals surface area contributed by atoms with Crippen LogP contribution >= 0.6 is 0 Å². The number of halogens is 2. The van der Waals surface area contributed by atoms with E-state index in [0.29, 0.717) is 19.3 Å². The van der Waals surface area contributed by atoms with E-state index in [0.717, 1.165) is 6.42 Å². The second kappa shape index (κ2) is 13.4. The minimum Gasteiger partial charge on any atom is -0.508 e. The third-order valence-electron chi connectivity index (χ3n) is 10.7. The van der Waals surface area contributed by atoms with E-state index in [9.17, 15) is 14.7 Å². The van der Waals surface area contributed by atoms with Gasteiger partial charge in [0.1, 0.15) is 17.1 Å². The first kappa shape index (κ1) is 36.8. The molecule has 1 aromatic heterocycles. The number of carbonyl (C=O) groups is 3. The lowest BCUT2D eigenvalue weighted by atomic mass is 9.58. The zero-order valence-corrected chi connectivity index (χ0v) is 30.9. The summed E-state index contributed by atoms with van der Waals surface area (Å²) in [6.45, 7) is 14.2. The number of Topliss-reactive ketones (excluding diaryl/α,β-unsaturated/α-hetero) is 2. The minimum atomic E-state index is -2.94. The summed E-state index contributed by atoms with van der Waals surface area (Å²) in [5, 5.41) is 16.3. The van der Waals surface area contributed by atoms with E-state index in [1.54, 1.807) is 14.1 Å². The van der Waals surface area contributed by atoms with Crippen LogP contribution < -0.4 is 9.47 Å². The Kier molecular flexibility index (Phi) is 10.1. The van der Waals surface area contributed by atoms with Crippen LogP contribution in [0.25, 0.3) is 0 Å². The number of carbonyl (C=O) groups excluding carboxylic acids is 3. The van der Waals surface area contributed by atoms with Crippen LogP contribution in [0.1, 0.15) is 115 Å². The van der Waals surface area contributed by atoms with Gasteiger partial charge < -0.3 is 23.5 Å². The minimum absolute atomic E-state index is 0.0167. The number of aldehydes is 1. The van der Waals surface area contributed by atoms with Gasteiger partial charge in [0, 0.05) is 17.1 Å². The van der Waals surface area contributed by atoms with Gasteiger partial charge in [0.05, 0.1) is 30.4 Å². The second-order valence-corrected chi connectivity index (χ2v) is 19.9. The Labute approximate surface area is 287 Å². The molecule has 0 radical (unpaired) electrons. The zero-order valence-electron chi connectivity index (χ0n) is 29.9. The van der Waals surface area contributed by atoms with Crippen molar-refractivity contribution in [3.63, 3.8) is 0 Å². The number of fused-ring (bicyclic) bond motifs is 4. The van der Waals surface area contributed by atoms with Crippen LogP contribution in [-0.4, -0.2) is 74.2 Å². The van der Waals surface area contributed by atoms with E-state index in [4.69, 9.17) is 18.4 Å². The molecule has 3 aliphatic carbocycles. The Morgan fingerprint density at radius 2 is 1.69 bits per heavy atom. The Bertz CT molecular complexity index is 1690. The first-order chi connectivity index (χ1) is 23.0. The van der Waals surface area contributed by atoms with Crippen LogP contribution in [0.15, 0.2) is 15.9 Å². The normalized spacial score (nSPS) is 23.6. The molecule has 0 aliphatic heterocycles. The fourth-order valence-corrected chi connectivity index (χ4v) is 8.63. The number of benzene rings is 1. The van der Waals surface area contributed by atoms with Gasteiger partial charge in [-0.25, -0.2) is 8.78 Å². The quantitative estimate of drug-likeness (QED) is 0.134. The van der Waals surface area contributed by atoms with E-state index in [-0.39, 0.29) is 72.0 Å². The number of allylic oxidation sites excluding steroid dienone is 1. The van der Waals surface area contributed by atoms with E-state index >= 15 is 13.6 Å². The maximum absolute atomic E-state index is 15.7. The number of hydrogen-bond donors (Lipinski definition) is 1. The lowest BCUT2D eigenvalue weighted by Gasteiger charge is -2.55. The molecule has 49 heavy (non-hydrogen) atoms. The summed E-state index contributed by atoms with van der Waals surface area (Å²) in [5.41, 5.74) is -3.41. The number of ketones is 2. The van der Waals surface area contributed by atoms with Gasteiger partial charge in [-0.15, -0.1) is 0 Å². The summed E-state index contributed by atoms with van der Waals surface area (Å²) in [6, 6.07) is -0.680. The van der Waals surface area contributed by atoms with Gasteiger partial charge in [-0.05, 0) is 69.0 Å². The highest BCUT2D eigenvalue weighted by atomic mass is 28.4. The molecule has 0 spiro atoms. The highest BCUT2D eigenvalue weighted by molar-refractivity contribution is 6.74. The van der Waals surface area contributed by atoms with E-state index in [1.807, 2.05) is 52.6 Å². The van der Waals surface area contributed by atoms with Crippen LogP contribution in [0, 0.1) is 23.5 Å². The van der Waals surface area contributed by atoms with E-state index in [2.05, 4.69) is 5.16 Å². The maximum Gasteiger partial charge on any atom is 0.265 e. The van der Waals surface area contributed by atoms with Gasteiger partial charge in [0.2, 0.25) is 5.78 Å². The topological polar surface area (TPSA) is 128 Å². The summed E-state index contributed by atoms with van der Waals surface area (Å²) in [4.78, 5) is 43.7. The molecule has 13 heteroatoms. The molecule has 0 saturated heterocycles. The van der Waals surface area contributed by atoms with Gasteiger partial charge >= 0.3 is 0 Å². The number of aliphatic hydroxyl groups is 1. The Morgan fingerprint density at radius 3 is 2.27 bits per heavy atom. The number of rotatable bonds is 12. The molecule has 0 amide bonds. The highest BCUT2D eigenvalue weighted by Crippen LogP contribution is 2.60. The third-order valence-corrected chi connectivity index (χ3v) is 15.2. The van der Waals surface area contributed by atoms with Crippen molar-refractivity contribution >= 4 is 26.2 Å². The van der Waals surface area contributed by atoms with Gasteiger partial charge in [0.25, 0.3) is 5.88 Å². The predicted octanol–water partition coefficient (Wildman–Crippen LogP) is 7.57. The number of unbranched alkanes of at least 4 members (excludes halogenated alkanes) is 2. The van der Waals surface area contributed by atoms with Gasteiger partial charge in [-0.3, -0.25) is 19.3 Å². The highest BCUT2D eigenvalue weighted by Gasteiger charge is 2.67. The second-order valence-electron chi connectivity index (χ2n) is 15.1. The van der Waals surface area contributed by atoms with Crippen molar-refractivity contribution < 1.29 is 46.7 Å². The van der Waals surface area contributed by atoms with Crippen LogP contribution in [0.5, 0.6) is 11.6 Å². The maximum atomic E-state index is 15.7. The fraction of sp³-hybridized carbons (Fsp3) is 0.611. The molecule has 0 bridgehead atoms. The Hall–Kier alpha value is -3.42. The standard InChI is InChI=1S/C36H48F2N2O8Si/c1-10-12-14-45-30-21(18-41)27(38)26(37)20-16-19-17-22-28(40(6)7)31-25(34(39-47-31)46-15-13-11-2)33(44)36(22,48-49(8,9)35(3,4)5)32(43)23(19)29(42)24(20)30/h18-19,22,28,43H,10-17H2,1-9H3/t19-,22-,28-,36-/m0/s1. The number of nitrogens with zero attached hydrogens (tertiary/aromatic N) is 2. The molecule has 10 nitrogen and oxygen atoms in total. The van der Waals surface area contributed by atoms with Crippen molar-refractivity contribution in [3.8, 4) is 11.6 Å². The molecule has 0 saturated carbocycles. The first-order valence-corrected chi connectivity index (χ1v) is 20.0. The zero-order chi connectivity index (χ0) is 36.2. The monoisotopic (exact) mass is 702 g/mol.